The number of carboxylic acid groups (broad SMARTS) is 1. The van der Waals surface area contributed by atoms with Crippen molar-refractivity contribution in [1.82, 2.24) is 5.32 Å². The molecular weight excluding hydrogens is 335 g/mol. The molecule has 4 nitrogen and oxygen atoms in total. The van der Waals surface area contributed by atoms with Crippen LogP contribution in [0.3, 0.4) is 0 Å². The van der Waals surface area contributed by atoms with E-state index in [1.54, 1.807) is 0 Å². The summed E-state index contributed by atoms with van der Waals surface area (Å²) in [6, 6.07) is 7.30. The van der Waals surface area contributed by atoms with Crippen molar-refractivity contribution in [2.45, 2.75) is 38.8 Å². The van der Waals surface area contributed by atoms with Crippen LogP contribution in [0, 0.1) is 0 Å². The number of hydrogen-bond acceptors (Lipinski definition) is 3. The number of halogens is 2. The number of hydrogen-bond donors (Lipinski definition) is 2. The van der Waals surface area contributed by atoms with Crippen molar-refractivity contribution in [3.05, 3.63) is 29.8 Å². The SMILES string of the molecule is CC(C)(C)N[C@@H](Cc1ccc(N(CCCl)CCCl)cc1)C(=O)O. The van der Waals surface area contributed by atoms with Crippen molar-refractivity contribution in [2.24, 2.45) is 0 Å². The molecule has 0 spiro atoms. The number of anilines is 1. The Morgan fingerprint density at radius 1 is 1.17 bits per heavy atom. The Morgan fingerprint density at radius 2 is 1.70 bits per heavy atom. The zero-order valence-electron chi connectivity index (χ0n) is 14.0. The molecule has 0 aromatic heterocycles. The van der Waals surface area contributed by atoms with Gasteiger partial charge in [-0.2, -0.15) is 0 Å². The number of benzene rings is 1. The first-order chi connectivity index (χ1) is 10.8. The fourth-order valence-corrected chi connectivity index (χ4v) is 2.78. The fraction of sp³-hybridized carbons (Fsp3) is 0.588. The van der Waals surface area contributed by atoms with Gasteiger partial charge in [0.25, 0.3) is 0 Å². The van der Waals surface area contributed by atoms with E-state index in [0.717, 1.165) is 24.3 Å². The van der Waals surface area contributed by atoms with E-state index in [1.165, 1.54) is 0 Å². The number of alkyl halides is 2. The minimum absolute atomic E-state index is 0.250. The van der Waals surface area contributed by atoms with E-state index >= 15 is 0 Å². The van der Waals surface area contributed by atoms with Gasteiger partial charge in [-0.15, -0.1) is 23.2 Å². The molecule has 0 saturated heterocycles. The van der Waals surface area contributed by atoms with Crippen molar-refractivity contribution in [3.8, 4) is 0 Å². The number of rotatable bonds is 9. The maximum absolute atomic E-state index is 11.4. The van der Waals surface area contributed by atoms with Gasteiger partial charge in [0.2, 0.25) is 0 Å². The Hall–Kier alpha value is -0.970. The van der Waals surface area contributed by atoms with Crippen LogP contribution < -0.4 is 10.2 Å². The fourth-order valence-electron chi connectivity index (χ4n) is 2.38. The maximum atomic E-state index is 11.4. The summed E-state index contributed by atoms with van der Waals surface area (Å²) in [5.41, 5.74) is 1.78. The van der Waals surface area contributed by atoms with Crippen LogP contribution in [0.2, 0.25) is 0 Å². The maximum Gasteiger partial charge on any atom is 0.321 e. The Morgan fingerprint density at radius 3 is 2.09 bits per heavy atom. The van der Waals surface area contributed by atoms with Gasteiger partial charge in [0.1, 0.15) is 6.04 Å². The Balaban J connectivity index is 2.80. The molecule has 1 rings (SSSR count). The minimum atomic E-state index is -0.838. The summed E-state index contributed by atoms with van der Waals surface area (Å²) in [6.45, 7) is 7.35. The lowest BCUT2D eigenvalue weighted by atomic mass is 10.0. The van der Waals surface area contributed by atoms with E-state index in [1.807, 2.05) is 45.0 Å². The molecule has 0 aliphatic heterocycles. The van der Waals surface area contributed by atoms with Crippen LogP contribution in [0.1, 0.15) is 26.3 Å². The second-order valence-corrected chi connectivity index (χ2v) is 7.28. The van der Waals surface area contributed by atoms with Crippen molar-refractivity contribution in [3.63, 3.8) is 0 Å². The third-order valence-electron chi connectivity index (χ3n) is 3.36. The molecule has 1 aromatic rings. The molecule has 0 fully saturated rings. The number of aliphatic carboxylic acids is 1. The van der Waals surface area contributed by atoms with E-state index in [-0.39, 0.29) is 5.54 Å². The summed E-state index contributed by atoms with van der Waals surface area (Å²) in [7, 11) is 0. The molecule has 23 heavy (non-hydrogen) atoms. The van der Waals surface area contributed by atoms with Crippen LogP contribution >= 0.6 is 23.2 Å². The highest BCUT2D eigenvalue weighted by molar-refractivity contribution is 6.18. The highest BCUT2D eigenvalue weighted by Crippen LogP contribution is 2.17. The smallest absolute Gasteiger partial charge is 0.321 e. The van der Waals surface area contributed by atoms with Crippen LogP contribution in [-0.2, 0) is 11.2 Å². The van der Waals surface area contributed by atoms with Gasteiger partial charge in [0.05, 0.1) is 0 Å². The Bertz CT molecular complexity index is 480. The van der Waals surface area contributed by atoms with Crippen LogP contribution in [0.25, 0.3) is 0 Å². The van der Waals surface area contributed by atoms with Crippen LogP contribution in [0.15, 0.2) is 24.3 Å². The molecule has 130 valence electrons. The van der Waals surface area contributed by atoms with Gasteiger partial charge in [-0.25, -0.2) is 0 Å². The molecule has 0 amide bonds. The zero-order valence-corrected chi connectivity index (χ0v) is 15.5. The third-order valence-corrected chi connectivity index (χ3v) is 3.69. The largest absolute Gasteiger partial charge is 0.480 e. The summed E-state index contributed by atoms with van der Waals surface area (Å²) in [5, 5.41) is 12.5. The zero-order chi connectivity index (χ0) is 17.5. The summed E-state index contributed by atoms with van der Waals surface area (Å²) >= 11 is 11.6. The lowest BCUT2D eigenvalue weighted by Gasteiger charge is -2.26. The molecule has 0 aliphatic rings. The predicted octanol–water partition coefficient (Wildman–Crippen LogP) is 3.35. The molecule has 0 radical (unpaired) electrons. The minimum Gasteiger partial charge on any atom is -0.480 e. The highest BCUT2D eigenvalue weighted by atomic mass is 35.5. The van der Waals surface area contributed by atoms with Crippen molar-refractivity contribution < 1.29 is 9.90 Å². The standard InChI is InChI=1S/C17H26Cl2N2O2/c1-17(2,3)20-15(16(22)23)12-13-4-6-14(7-5-13)21(10-8-18)11-9-19/h4-7,15,20H,8-12H2,1-3H3,(H,22,23)/t15-/m0/s1. The highest BCUT2D eigenvalue weighted by Gasteiger charge is 2.23. The van der Waals surface area contributed by atoms with Crippen LogP contribution in [0.5, 0.6) is 0 Å². The van der Waals surface area contributed by atoms with Crippen LogP contribution in [0.4, 0.5) is 5.69 Å². The van der Waals surface area contributed by atoms with E-state index < -0.39 is 12.0 Å². The third kappa shape index (κ3) is 7.42. The summed E-state index contributed by atoms with van der Waals surface area (Å²) in [4.78, 5) is 13.5. The number of nitrogens with one attached hydrogen (secondary N) is 1. The molecule has 1 aromatic carbocycles. The van der Waals surface area contributed by atoms with Gasteiger partial charge in [-0.3, -0.25) is 10.1 Å². The topological polar surface area (TPSA) is 52.6 Å². The van der Waals surface area contributed by atoms with Gasteiger partial charge in [0, 0.05) is 36.1 Å². The second-order valence-electron chi connectivity index (χ2n) is 6.52. The first-order valence-electron chi connectivity index (χ1n) is 7.73. The Labute approximate surface area is 148 Å². The van der Waals surface area contributed by atoms with E-state index in [9.17, 15) is 9.90 Å². The first kappa shape index (κ1) is 20.1. The average Bonchev–Trinajstić information content (AvgIpc) is 2.46. The molecule has 0 aliphatic carbocycles. The predicted molar refractivity (Wildman–Crippen MR) is 98.1 cm³/mol. The molecule has 0 unspecified atom stereocenters. The summed E-state index contributed by atoms with van der Waals surface area (Å²) < 4.78 is 0. The van der Waals surface area contributed by atoms with Crippen molar-refractivity contribution in [1.29, 1.82) is 0 Å². The summed E-state index contributed by atoms with van der Waals surface area (Å²) in [5.74, 6) is 0.236. The lowest BCUT2D eigenvalue weighted by Crippen LogP contribution is -2.48. The van der Waals surface area contributed by atoms with Gasteiger partial charge in [0.15, 0.2) is 0 Å². The molecular formula is C17H26Cl2N2O2. The molecule has 0 bridgehead atoms. The van der Waals surface area contributed by atoms with Gasteiger partial charge >= 0.3 is 5.97 Å². The van der Waals surface area contributed by atoms with Crippen molar-refractivity contribution >= 4 is 34.9 Å². The average molecular weight is 361 g/mol. The van der Waals surface area contributed by atoms with Gasteiger partial charge in [-0.1, -0.05) is 12.1 Å². The number of nitrogens with zero attached hydrogens (tertiary/aromatic N) is 1. The first-order valence-corrected chi connectivity index (χ1v) is 8.80. The lowest BCUT2D eigenvalue weighted by molar-refractivity contribution is -0.140. The molecule has 0 heterocycles. The van der Waals surface area contributed by atoms with E-state index in [0.29, 0.717) is 18.2 Å². The quantitative estimate of drug-likeness (QED) is 0.663. The van der Waals surface area contributed by atoms with Gasteiger partial charge < -0.3 is 10.0 Å². The molecule has 0 saturated carbocycles. The Kier molecular flexibility index (Phi) is 8.17. The molecule has 6 heteroatoms. The summed E-state index contributed by atoms with van der Waals surface area (Å²) in [6.07, 6.45) is 0.442. The van der Waals surface area contributed by atoms with Crippen LogP contribution in [-0.4, -0.2) is 47.5 Å². The molecule has 1 atom stereocenters. The number of carbonyl (C=O) groups is 1. The van der Waals surface area contributed by atoms with Crippen molar-refractivity contribution in [2.75, 3.05) is 29.7 Å². The van der Waals surface area contributed by atoms with E-state index in [4.69, 9.17) is 23.2 Å². The van der Waals surface area contributed by atoms with Gasteiger partial charge in [-0.05, 0) is 44.9 Å². The number of carboxylic acids is 1. The monoisotopic (exact) mass is 360 g/mol. The molecule has 2 N–H and O–H groups in total. The second kappa shape index (κ2) is 9.36. The van der Waals surface area contributed by atoms with E-state index in [2.05, 4.69) is 10.2 Å². The normalized spacial score (nSPS) is 12.9.